The molecular formula is C11H14N8O2. The molecule has 1 fully saturated rings. The van der Waals surface area contributed by atoms with Crippen LogP contribution in [0.25, 0.3) is 11.2 Å². The number of primary amides is 1. The lowest BCUT2D eigenvalue weighted by atomic mass is 10.3. The molecule has 0 aromatic carbocycles. The van der Waals surface area contributed by atoms with Gasteiger partial charge in [-0.05, 0) is 0 Å². The van der Waals surface area contributed by atoms with Gasteiger partial charge in [0, 0.05) is 13.1 Å². The van der Waals surface area contributed by atoms with Gasteiger partial charge in [0.05, 0.1) is 13.2 Å². The number of hydrogen-bond acceptors (Lipinski definition) is 9. The SMILES string of the molecule is NC(=O)c1nc2c(N)nc(N3CCOCC3)nc2nc1N. The summed E-state index contributed by atoms with van der Waals surface area (Å²) in [4.78, 5) is 29.7. The second kappa shape index (κ2) is 4.98. The maximum Gasteiger partial charge on any atom is 0.271 e. The van der Waals surface area contributed by atoms with E-state index in [0.717, 1.165) is 0 Å². The van der Waals surface area contributed by atoms with E-state index in [9.17, 15) is 4.79 Å². The Bertz CT molecular complexity index is 713. The van der Waals surface area contributed by atoms with Crippen molar-refractivity contribution in [2.24, 2.45) is 5.73 Å². The van der Waals surface area contributed by atoms with E-state index in [1.165, 1.54) is 0 Å². The Morgan fingerprint density at radius 3 is 2.43 bits per heavy atom. The monoisotopic (exact) mass is 290 g/mol. The summed E-state index contributed by atoms with van der Waals surface area (Å²) in [5.41, 5.74) is 17.0. The number of nitrogens with two attached hydrogens (primary N) is 3. The first-order valence-electron chi connectivity index (χ1n) is 6.29. The molecule has 1 amide bonds. The minimum atomic E-state index is -0.779. The summed E-state index contributed by atoms with van der Waals surface area (Å²) >= 11 is 0. The van der Waals surface area contributed by atoms with Crippen molar-refractivity contribution in [3.05, 3.63) is 5.69 Å². The first kappa shape index (κ1) is 13.2. The van der Waals surface area contributed by atoms with Gasteiger partial charge in [-0.15, -0.1) is 0 Å². The lowest BCUT2D eigenvalue weighted by Crippen LogP contribution is -2.37. The first-order chi connectivity index (χ1) is 10.1. The molecule has 21 heavy (non-hydrogen) atoms. The van der Waals surface area contributed by atoms with Crippen LogP contribution in [0.3, 0.4) is 0 Å². The molecule has 10 heteroatoms. The minimum Gasteiger partial charge on any atom is -0.382 e. The molecule has 3 rings (SSSR count). The number of nitrogen functional groups attached to an aromatic ring is 2. The van der Waals surface area contributed by atoms with E-state index in [2.05, 4.69) is 19.9 Å². The van der Waals surface area contributed by atoms with Gasteiger partial charge in [0.25, 0.3) is 5.91 Å². The molecule has 0 bridgehead atoms. The molecule has 0 unspecified atom stereocenters. The van der Waals surface area contributed by atoms with Crippen molar-refractivity contribution in [3.8, 4) is 0 Å². The Hall–Kier alpha value is -2.75. The number of carbonyl (C=O) groups excluding carboxylic acids is 1. The third-order valence-corrected chi connectivity index (χ3v) is 3.10. The summed E-state index contributed by atoms with van der Waals surface area (Å²) in [5.74, 6) is -0.306. The first-order valence-corrected chi connectivity index (χ1v) is 6.29. The molecule has 3 heterocycles. The molecule has 1 aliphatic rings. The smallest absolute Gasteiger partial charge is 0.271 e. The molecule has 0 radical (unpaired) electrons. The highest BCUT2D eigenvalue weighted by Gasteiger charge is 2.19. The molecular weight excluding hydrogens is 276 g/mol. The molecule has 6 N–H and O–H groups in total. The number of nitrogens with zero attached hydrogens (tertiary/aromatic N) is 5. The van der Waals surface area contributed by atoms with Crippen LogP contribution < -0.4 is 22.1 Å². The van der Waals surface area contributed by atoms with Gasteiger partial charge in [0.1, 0.15) is 0 Å². The highest BCUT2D eigenvalue weighted by atomic mass is 16.5. The van der Waals surface area contributed by atoms with E-state index >= 15 is 0 Å². The van der Waals surface area contributed by atoms with E-state index < -0.39 is 5.91 Å². The summed E-state index contributed by atoms with van der Waals surface area (Å²) in [6.45, 7) is 2.51. The number of aromatic nitrogens is 4. The van der Waals surface area contributed by atoms with Gasteiger partial charge in [0.2, 0.25) is 5.95 Å². The standard InChI is InChI=1S/C11H14N8O2/c12-7-5(9(14)20)15-6-8(13)17-11(18-10(6)16-7)19-1-3-21-4-2-19/h1-4H2,(H2,14,20)(H4,12,13,16,17,18). The van der Waals surface area contributed by atoms with Crippen molar-refractivity contribution < 1.29 is 9.53 Å². The maximum atomic E-state index is 11.2. The Morgan fingerprint density at radius 2 is 1.76 bits per heavy atom. The van der Waals surface area contributed by atoms with E-state index in [4.69, 9.17) is 21.9 Å². The number of rotatable bonds is 2. The summed E-state index contributed by atoms with van der Waals surface area (Å²) in [5, 5.41) is 0. The van der Waals surface area contributed by atoms with E-state index in [-0.39, 0.29) is 28.5 Å². The fraction of sp³-hybridized carbons (Fsp3) is 0.364. The van der Waals surface area contributed by atoms with Crippen LogP contribution in [0.2, 0.25) is 0 Å². The quantitative estimate of drug-likeness (QED) is 0.599. The molecule has 0 spiro atoms. The summed E-state index contributed by atoms with van der Waals surface area (Å²) in [6.07, 6.45) is 0. The average Bonchev–Trinajstić information content (AvgIpc) is 2.47. The fourth-order valence-corrected chi connectivity index (χ4v) is 2.06. The van der Waals surface area contributed by atoms with Crippen LogP contribution in [0.4, 0.5) is 17.6 Å². The van der Waals surface area contributed by atoms with Gasteiger partial charge < -0.3 is 26.8 Å². The molecule has 10 nitrogen and oxygen atoms in total. The van der Waals surface area contributed by atoms with Crippen LogP contribution in [-0.2, 0) is 4.74 Å². The van der Waals surface area contributed by atoms with Gasteiger partial charge in [-0.25, -0.2) is 9.97 Å². The zero-order valence-corrected chi connectivity index (χ0v) is 11.1. The molecule has 0 saturated carbocycles. The van der Waals surface area contributed by atoms with Gasteiger partial charge in [0.15, 0.2) is 28.5 Å². The van der Waals surface area contributed by atoms with Crippen LogP contribution in [0.15, 0.2) is 0 Å². The van der Waals surface area contributed by atoms with Crippen molar-refractivity contribution in [2.75, 3.05) is 42.7 Å². The van der Waals surface area contributed by atoms with Crippen LogP contribution in [-0.4, -0.2) is 52.1 Å². The Kier molecular flexibility index (Phi) is 3.14. The van der Waals surface area contributed by atoms with Crippen molar-refractivity contribution in [1.29, 1.82) is 0 Å². The number of anilines is 3. The normalized spacial score (nSPS) is 15.3. The molecule has 2 aromatic rings. The van der Waals surface area contributed by atoms with Gasteiger partial charge in [-0.1, -0.05) is 0 Å². The van der Waals surface area contributed by atoms with Crippen LogP contribution in [0.5, 0.6) is 0 Å². The molecule has 110 valence electrons. The number of amides is 1. The number of morpholine rings is 1. The summed E-state index contributed by atoms with van der Waals surface area (Å²) < 4.78 is 5.27. The zero-order chi connectivity index (χ0) is 15.0. The second-order valence-corrected chi connectivity index (χ2v) is 4.50. The lowest BCUT2D eigenvalue weighted by molar-refractivity contribution is 0.0996. The Morgan fingerprint density at radius 1 is 1.05 bits per heavy atom. The third-order valence-electron chi connectivity index (χ3n) is 3.10. The average molecular weight is 290 g/mol. The van der Waals surface area contributed by atoms with E-state index in [0.29, 0.717) is 32.3 Å². The maximum absolute atomic E-state index is 11.2. The molecule has 0 aliphatic carbocycles. The van der Waals surface area contributed by atoms with Crippen molar-refractivity contribution in [2.45, 2.75) is 0 Å². The van der Waals surface area contributed by atoms with Crippen molar-refractivity contribution in [1.82, 2.24) is 19.9 Å². The highest BCUT2D eigenvalue weighted by molar-refractivity contribution is 5.98. The molecule has 2 aromatic heterocycles. The van der Waals surface area contributed by atoms with Crippen LogP contribution in [0.1, 0.15) is 10.5 Å². The lowest BCUT2D eigenvalue weighted by Gasteiger charge is -2.26. The van der Waals surface area contributed by atoms with Crippen molar-refractivity contribution in [3.63, 3.8) is 0 Å². The number of hydrogen-bond donors (Lipinski definition) is 3. The Balaban J connectivity index is 2.11. The highest BCUT2D eigenvalue weighted by Crippen LogP contribution is 2.21. The minimum absolute atomic E-state index is 0.0824. The van der Waals surface area contributed by atoms with Crippen molar-refractivity contribution >= 4 is 34.7 Å². The fourth-order valence-electron chi connectivity index (χ4n) is 2.06. The van der Waals surface area contributed by atoms with Gasteiger partial charge in [-0.3, -0.25) is 4.79 Å². The van der Waals surface area contributed by atoms with Gasteiger partial charge in [-0.2, -0.15) is 9.97 Å². The van der Waals surface area contributed by atoms with Crippen LogP contribution >= 0.6 is 0 Å². The number of carbonyl (C=O) groups is 1. The molecule has 1 saturated heterocycles. The Labute approximate surface area is 119 Å². The molecule has 0 atom stereocenters. The molecule has 1 aliphatic heterocycles. The third kappa shape index (κ3) is 2.36. The second-order valence-electron chi connectivity index (χ2n) is 4.50. The summed E-state index contributed by atoms with van der Waals surface area (Å²) in [6, 6.07) is 0. The predicted molar refractivity (Wildman–Crippen MR) is 75.5 cm³/mol. The predicted octanol–water partition coefficient (Wildman–Crippen LogP) is -1.48. The summed E-state index contributed by atoms with van der Waals surface area (Å²) in [7, 11) is 0. The largest absolute Gasteiger partial charge is 0.382 e. The van der Waals surface area contributed by atoms with Crippen LogP contribution in [0, 0.1) is 0 Å². The zero-order valence-electron chi connectivity index (χ0n) is 11.1. The van der Waals surface area contributed by atoms with E-state index in [1.54, 1.807) is 0 Å². The van der Waals surface area contributed by atoms with E-state index in [1.807, 2.05) is 4.90 Å². The van der Waals surface area contributed by atoms with Gasteiger partial charge >= 0.3 is 0 Å². The number of fused-ring (bicyclic) bond motifs is 1. The topological polar surface area (TPSA) is 159 Å². The number of ether oxygens (including phenoxy) is 1.